The van der Waals surface area contributed by atoms with Crippen LogP contribution in [0.5, 0.6) is 0 Å². The zero-order chi connectivity index (χ0) is 17.9. The average Bonchev–Trinajstić information content (AvgIpc) is 2.49. The molecule has 1 atom stereocenters. The molecule has 24 heavy (non-hydrogen) atoms. The standard InChI is InChI=1S/C15H14Cl2N2O4S/c1-10(12-4-7-14(16)15(17)8-12)18-24(22,23)9-11-2-5-13(6-3-11)19(20)21/h2-8,10,18H,9H2,1H3/t10-/m0/s1. The SMILES string of the molecule is C[C@H](NS(=O)(=O)Cc1ccc([N+](=O)[O-])cc1)c1ccc(Cl)c(Cl)c1. The summed E-state index contributed by atoms with van der Waals surface area (Å²) < 4.78 is 27.0. The number of nitro groups is 1. The fourth-order valence-electron chi connectivity index (χ4n) is 2.09. The Morgan fingerprint density at radius 1 is 1.12 bits per heavy atom. The third-order valence-electron chi connectivity index (χ3n) is 3.30. The summed E-state index contributed by atoms with van der Waals surface area (Å²) in [5, 5.41) is 11.3. The van der Waals surface area contributed by atoms with Gasteiger partial charge in [-0.25, -0.2) is 13.1 Å². The highest BCUT2D eigenvalue weighted by molar-refractivity contribution is 7.88. The van der Waals surface area contributed by atoms with Crippen molar-refractivity contribution in [1.29, 1.82) is 0 Å². The highest BCUT2D eigenvalue weighted by Gasteiger charge is 2.18. The zero-order valence-corrected chi connectivity index (χ0v) is 14.9. The molecule has 1 N–H and O–H groups in total. The van der Waals surface area contributed by atoms with Crippen LogP contribution in [-0.2, 0) is 15.8 Å². The van der Waals surface area contributed by atoms with Crippen LogP contribution >= 0.6 is 23.2 Å². The van der Waals surface area contributed by atoms with Gasteiger partial charge in [-0.15, -0.1) is 0 Å². The molecule has 0 heterocycles. The number of nitrogens with one attached hydrogen (secondary N) is 1. The van der Waals surface area contributed by atoms with E-state index in [-0.39, 0.29) is 11.4 Å². The van der Waals surface area contributed by atoms with Gasteiger partial charge in [0.05, 0.1) is 20.7 Å². The van der Waals surface area contributed by atoms with Crippen LogP contribution in [0.15, 0.2) is 42.5 Å². The Morgan fingerprint density at radius 3 is 2.29 bits per heavy atom. The molecule has 6 nitrogen and oxygen atoms in total. The van der Waals surface area contributed by atoms with E-state index in [9.17, 15) is 18.5 Å². The fourth-order valence-corrected chi connectivity index (χ4v) is 3.79. The highest BCUT2D eigenvalue weighted by Crippen LogP contribution is 2.26. The van der Waals surface area contributed by atoms with Crippen LogP contribution in [0, 0.1) is 10.1 Å². The Kier molecular flexibility index (Phi) is 5.82. The summed E-state index contributed by atoms with van der Waals surface area (Å²) in [6.45, 7) is 1.69. The average molecular weight is 389 g/mol. The van der Waals surface area contributed by atoms with Gasteiger partial charge in [-0.3, -0.25) is 10.1 Å². The van der Waals surface area contributed by atoms with Gasteiger partial charge < -0.3 is 0 Å². The van der Waals surface area contributed by atoms with Gasteiger partial charge in [0.2, 0.25) is 10.0 Å². The molecule has 0 bridgehead atoms. The zero-order valence-electron chi connectivity index (χ0n) is 12.6. The Balaban J connectivity index is 2.09. The number of nitro benzene ring substituents is 1. The van der Waals surface area contributed by atoms with Crippen LogP contribution in [0.2, 0.25) is 10.0 Å². The molecule has 0 aliphatic heterocycles. The molecule has 128 valence electrons. The first-order chi connectivity index (χ1) is 11.2. The minimum Gasteiger partial charge on any atom is -0.258 e. The second-order valence-corrected chi connectivity index (χ2v) is 7.76. The Bertz CT molecular complexity index is 854. The Morgan fingerprint density at radius 2 is 1.75 bits per heavy atom. The lowest BCUT2D eigenvalue weighted by atomic mass is 10.1. The van der Waals surface area contributed by atoms with E-state index in [0.717, 1.165) is 0 Å². The number of hydrogen-bond donors (Lipinski definition) is 1. The van der Waals surface area contributed by atoms with Crippen molar-refractivity contribution in [3.05, 3.63) is 73.8 Å². The number of hydrogen-bond acceptors (Lipinski definition) is 4. The lowest BCUT2D eigenvalue weighted by Gasteiger charge is -2.15. The second kappa shape index (κ2) is 7.48. The van der Waals surface area contributed by atoms with Crippen LogP contribution < -0.4 is 4.72 Å². The van der Waals surface area contributed by atoms with Gasteiger partial charge in [0.25, 0.3) is 5.69 Å². The van der Waals surface area contributed by atoms with Gasteiger partial charge in [-0.2, -0.15) is 0 Å². The van der Waals surface area contributed by atoms with Crippen molar-refractivity contribution in [2.75, 3.05) is 0 Å². The van der Waals surface area contributed by atoms with Gasteiger partial charge in [0, 0.05) is 18.2 Å². The van der Waals surface area contributed by atoms with E-state index in [2.05, 4.69) is 4.72 Å². The van der Waals surface area contributed by atoms with E-state index in [1.54, 1.807) is 25.1 Å². The molecule has 0 spiro atoms. The maximum atomic E-state index is 12.3. The van der Waals surface area contributed by atoms with E-state index in [0.29, 0.717) is 21.2 Å². The third-order valence-corrected chi connectivity index (χ3v) is 5.47. The molecule has 0 fully saturated rings. The van der Waals surface area contributed by atoms with Crippen molar-refractivity contribution >= 4 is 38.9 Å². The molecule has 0 aliphatic rings. The molecule has 9 heteroatoms. The monoisotopic (exact) mass is 388 g/mol. The summed E-state index contributed by atoms with van der Waals surface area (Å²) in [5.41, 5.74) is 1.04. The quantitative estimate of drug-likeness (QED) is 0.596. The molecule has 0 amide bonds. The minimum atomic E-state index is -3.63. The van der Waals surface area contributed by atoms with E-state index < -0.39 is 21.0 Å². The molecule has 0 radical (unpaired) electrons. The Labute approximate surface area is 149 Å². The summed E-state index contributed by atoms with van der Waals surface area (Å²) in [6, 6.07) is 9.77. The fraction of sp³-hybridized carbons (Fsp3) is 0.200. The molecule has 2 aromatic carbocycles. The first-order valence-electron chi connectivity index (χ1n) is 6.86. The summed E-state index contributed by atoms with van der Waals surface area (Å²) in [6.07, 6.45) is 0. The lowest BCUT2D eigenvalue weighted by Crippen LogP contribution is -2.28. The van der Waals surface area contributed by atoms with Crippen molar-refractivity contribution in [3.63, 3.8) is 0 Å². The van der Waals surface area contributed by atoms with Crippen LogP contribution in [-0.4, -0.2) is 13.3 Å². The smallest absolute Gasteiger partial charge is 0.258 e. The molecular weight excluding hydrogens is 375 g/mol. The number of sulfonamides is 1. The molecule has 0 aromatic heterocycles. The van der Waals surface area contributed by atoms with E-state index in [1.165, 1.54) is 24.3 Å². The topological polar surface area (TPSA) is 89.3 Å². The van der Waals surface area contributed by atoms with E-state index in [1.807, 2.05) is 0 Å². The number of halogens is 2. The van der Waals surface area contributed by atoms with Crippen molar-refractivity contribution in [2.45, 2.75) is 18.7 Å². The van der Waals surface area contributed by atoms with E-state index >= 15 is 0 Å². The normalized spacial score (nSPS) is 12.8. The predicted molar refractivity (Wildman–Crippen MR) is 93.7 cm³/mol. The third kappa shape index (κ3) is 4.91. The van der Waals surface area contributed by atoms with Crippen LogP contribution in [0.1, 0.15) is 24.1 Å². The molecule has 0 saturated carbocycles. The highest BCUT2D eigenvalue weighted by atomic mass is 35.5. The number of rotatable bonds is 6. The van der Waals surface area contributed by atoms with E-state index in [4.69, 9.17) is 23.2 Å². The minimum absolute atomic E-state index is 0.0896. The first kappa shape index (κ1) is 18.7. The van der Waals surface area contributed by atoms with Gasteiger partial charge in [0.15, 0.2) is 0 Å². The van der Waals surface area contributed by atoms with Crippen LogP contribution in [0.25, 0.3) is 0 Å². The lowest BCUT2D eigenvalue weighted by molar-refractivity contribution is -0.384. The summed E-state index contributed by atoms with van der Waals surface area (Å²) in [7, 11) is -3.63. The van der Waals surface area contributed by atoms with Crippen molar-refractivity contribution in [3.8, 4) is 0 Å². The molecule has 0 saturated heterocycles. The Hall–Kier alpha value is -1.67. The summed E-state index contributed by atoms with van der Waals surface area (Å²) in [4.78, 5) is 10.1. The van der Waals surface area contributed by atoms with Crippen LogP contribution in [0.3, 0.4) is 0 Å². The molecular formula is C15H14Cl2N2O4S. The summed E-state index contributed by atoms with van der Waals surface area (Å²) >= 11 is 11.8. The maximum absolute atomic E-state index is 12.3. The largest absolute Gasteiger partial charge is 0.269 e. The van der Waals surface area contributed by atoms with Crippen LogP contribution in [0.4, 0.5) is 5.69 Å². The van der Waals surface area contributed by atoms with Crippen molar-refractivity contribution < 1.29 is 13.3 Å². The first-order valence-corrected chi connectivity index (χ1v) is 9.27. The van der Waals surface area contributed by atoms with Gasteiger partial charge in [-0.1, -0.05) is 41.4 Å². The van der Waals surface area contributed by atoms with Gasteiger partial charge >= 0.3 is 0 Å². The van der Waals surface area contributed by atoms with Crippen molar-refractivity contribution in [2.24, 2.45) is 0 Å². The maximum Gasteiger partial charge on any atom is 0.269 e. The molecule has 0 aliphatic carbocycles. The van der Waals surface area contributed by atoms with Crippen molar-refractivity contribution in [1.82, 2.24) is 4.72 Å². The molecule has 2 aromatic rings. The number of nitrogens with zero attached hydrogens (tertiary/aromatic N) is 1. The number of non-ortho nitro benzene ring substituents is 1. The number of benzene rings is 2. The predicted octanol–water partition coefficient (Wildman–Crippen LogP) is 4.08. The molecule has 0 unspecified atom stereocenters. The molecule has 2 rings (SSSR count). The second-order valence-electron chi connectivity index (χ2n) is 5.20. The van der Waals surface area contributed by atoms with Gasteiger partial charge in [0.1, 0.15) is 0 Å². The summed E-state index contributed by atoms with van der Waals surface area (Å²) in [5.74, 6) is -0.281. The van der Waals surface area contributed by atoms with Gasteiger partial charge in [-0.05, 0) is 30.2 Å².